The van der Waals surface area contributed by atoms with Gasteiger partial charge in [-0.15, -0.1) is 0 Å². The van der Waals surface area contributed by atoms with Crippen molar-refractivity contribution in [3.63, 3.8) is 0 Å². The van der Waals surface area contributed by atoms with Crippen molar-refractivity contribution in [1.82, 2.24) is 0 Å². The van der Waals surface area contributed by atoms with E-state index in [4.69, 9.17) is 0 Å². The van der Waals surface area contributed by atoms with Gasteiger partial charge in [-0.3, -0.25) is 19.2 Å². The number of amides is 4. The SMILES string of the molecule is O=C1c2ccccc2C(=O)N1c1cccc(-c2cccc(-c3cccc(N4C(=O)c5ccccc5C4=O)c3C(F)(F)F)c2C(F)(F)F)c1C(F)(F)F. The summed E-state index contributed by atoms with van der Waals surface area (Å²) >= 11 is 0. The van der Waals surface area contributed by atoms with Gasteiger partial charge in [0.1, 0.15) is 0 Å². The van der Waals surface area contributed by atoms with Gasteiger partial charge in [0.25, 0.3) is 23.6 Å². The summed E-state index contributed by atoms with van der Waals surface area (Å²) in [6.07, 6.45) is -16.6. The van der Waals surface area contributed by atoms with E-state index in [0.717, 1.165) is 30.3 Å². The molecule has 6 nitrogen and oxygen atoms in total. The van der Waals surface area contributed by atoms with Gasteiger partial charge in [-0.25, -0.2) is 9.80 Å². The van der Waals surface area contributed by atoms with Crippen molar-refractivity contribution in [1.29, 1.82) is 0 Å². The second kappa shape index (κ2) is 11.6. The van der Waals surface area contributed by atoms with E-state index in [1.807, 2.05) is 0 Å². The molecule has 4 amide bonds. The lowest BCUT2D eigenvalue weighted by molar-refractivity contribution is -0.139. The van der Waals surface area contributed by atoms with Crippen LogP contribution in [0.15, 0.2) is 103 Å². The minimum atomic E-state index is -5.62. The van der Waals surface area contributed by atoms with E-state index in [1.54, 1.807) is 0 Å². The minimum Gasteiger partial charge on any atom is -0.268 e. The predicted molar refractivity (Wildman–Crippen MR) is 167 cm³/mol. The Morgan fingerprint density at radius 1 is 0.308 bits per heavy atom. The van der Waals surface area contributed by atoms with Crippen LogP contribution in [0.4, 0.5) is 50.9 Å². The molecule has 262 valence electrons. The summed E-state index contributed by atoms with van der Waals surface area (Å²) in [7, 11) is 0. The first-order chi connectivity index (χ1) is 24.4. The van der Waals surface area contributed by atoms with Crippen LogP contribution in [-0.4, -0.2) is 23.6 Å². The summed E-state index contributed by atoms with van der Waals surface area (Å²) in [6, 6.07) is 16.7. The number of hydrogen-bond acceptors (Lipinski definition) is 4. The molecule has 2 heterocycles. The smallest absolute Gasteiger partial charge is 0.268 e. The number of fused-ring (bicyclic) bond motifs is 2. The topological polar surface area (TPSA) is 74.8 Å². The fraction of sp³-hybridized carbons (Fsp3) is 0.0811. The van der Waals surface area contributed by atoms with Crippen molar-refractivity contribution in [2.75, 3.05) is 9.80 Å². The number of carbonyl (C=O) groups excluding carboxylic acids is 4. The molecule has 0 bridgehead atoms. The summed E-state index contributed by atoms with van der Waals surface area (Å²) in [4.78, 5) is 53.1. The highest BCUT2D eigenvalue weighted by molar-refractivity contribution is 6.35. The summed E-state index contributed by atoms with van der Waals surface area (Å²) in [5, 5.41) is 0. The highest BCUT2D eigenvalue weighted by Crippen LogP contribution is 2.52. The third kappa shape index (κ3) is 5.22. The van der Waals surface area contributed by atoms with Gasteiger partial charge in [0.05, 0.1) is 50.3 Å². The molecule has 0 unspecified atom stereocenters. The fourth-order valence-corrected chi connectivity index (χ4v) is 6.62. The first-order valence-electron chi connectivity index (χ1n) is 15.0. The molecular formula is C37H17F9N2O4. The number of benzene rings is 5. The second-order valence-corrected chi connectivity index (χ2v) is 11.6. The fourth-order valence-electron chi connectivity index (χ4n) is 6.62. The molecule has 5 aromatic rings. The summed E-state index contributed by atoms with van der Waals surface area (Å²) in [6.45, 7) is 0. The summed E-state index contributed by atoms with van der Waals surface area (Å²) in [5.74, 6) is -4.69. The molecule has 0 aromatic heterocycles. The molecule has 0 spiro atoms. The number of nitrogens with zero attached hydrogens (tertiary/aromatic N) is 2. The van der Waals surface area contributed by atoms with Crippen LogP contribution in [0.1, 0.15) is 58.1 Å². The predicted octanol–water partition coefficient (Wildman–Crippen LogP) is 9.68. The molecule has 15 heteroatoms. The number of anilines is 2. The van der Waals surface area contributed by atoms with Crippen molar-refractivity contribution < 1.29 is 58.7 Å². The zero-order valence-corrected chi connectivity index (χ0v) is 25.7. The van der Waals surface area contributed by atoms with E-state index in [2.05, 4.69) is 0 Å². The second-order valence-electron chi connectivity index (χ2n) is 11.6. The molecule has 7 rings (SSSR count). The van der Waals surface area contributed by atoms with E-state index in [-0.39, 0.29) is 32.1 Å². The minimum absolute atomic E-state index is 0.182. The van der Waals surface area contributed by atoms with Gasteiger partial charge in [-0.2, -0.15) is 39.5 Å². The van der Waals surface area contributed by atoms with Gasteiger partial charge in [-0.05, 0) is 58.7 Å². The summed E-state index contributed by atoms with van der Waals surface area (Å²) in [5.41, 5.74) is -13.6. The standard InChI is InChI=1S/C37H17F9N2O4/c38-35(39,40)28-18(20-14-6-16-26(29(20)36(41,42)43)47-31(49)22-8-1-2-9-23(22)32(47)50)12-5-13-19(28)21-15-7-17-27(30(21)37(44,45)46)48-33(51)24-10-3-4-11-25(24)34(48)52/h1-17H. The molecule has 0 N–H and O–H groups in total. The quantitative estimate of drug-likeness (QED) is 0.137. The molecule has 2 aliphatic rings. The number of carbonyl (C=O) groups is 4. The number of halogens is 9. The van der Waals surface area contributed by atoms with Gasteiger partial charge >= 0.3 is 18.5 Å². The van der Waals surface area contributed by atoms with Crippen LogP contribution in [0.25, 0.3) is 22.3 Å². The third-order valence-corrected chi connectivity index (χ3v) is 8.65. The van der Waals surface area contributed by atoms with Crippen LogP contribution >= 0.6 is 0 Å². The Labute approximate surface area is 286 Å². The summed E-state index contributed by atoms with van der Waals surface area (Å²) < 4.78 is 135. The maximum Gasteiger partial charge on any atom is 0.419 e. The van der Waals surface area contributed by atoms with Crippen molar-refractivity contribution in [2.45, 2.75) is 18.5 Å². The van der Waals surface area contributed by atoms with Crippen molar-refractivity contribution in [2.24, 2.45) is 0 Å². The number of alkyl halides is 9. The molecule has 0 aliphatic carbocycles. The Morgan fingerprint density at radius 2 is 0.538 bits per heavy atom. The molecule has 0 saturated heterocycles. The molecule has 5 aromatic carbocycles. The van der Waals surface area contributed by atoms with Crippen molar-refractivity contribution >= 4 is 35.0 Å². The van der Waals surface area contributed by atoms with E-state index in [9.17, 15) is 45.5 Å². The van der Waals surface area contributed by atoms with Gasteiger partial charge in [-0.1, -0.05) is 66.7 Å². The largest absolute Gasteiger partial charge is 0.419 e. The van der Waals surface area contributed by atoms with Gasteiger partial charge in [0, 0.05) is 0 Å². The molecule has 0 radical (unpaired) electrons. The lowest BCUT2D eigenvalue weighted by atomic mass is 9.86. The molecule has 52 heavy (non-hydrogen) atoms. The van der Waals surface area contributed by atoms with Crippen LogP contribution in [0.2, 0.25) is 0 Å². The number of rotatable bonds is 4. The van der Waals surface area contributed by atoms with E-state index in [1.165, 1.54) is 48.5 Å². The maximum absolute atomic E-state index is 15.1. The third-order valence-electron chi connectivity index (χ3n) is 8.65. The average Bonchev–Trinajstić information content (AvgIpc) is 3.50. The Balaban J connectivity index is 1.48. The molecule has 0 fully saturated rings. The Morgan fingerprint density at radius 3 is 0.808 bits per heavy atom. The average molecular weight is 725 g/mol. The highest BCUT2D eigenvalue weighted by atomic mass is 19.4. The van der Waals surface area contributed by atoms with E-state index in [0.29, 0.717) is 24.3 Å². The van der Waals surface area contributed by atoms with Crippen molar-refractivity contribution in [3.05, 3.63) is 142 Å². The lowest BCUT2D eigenvalue weighted by Gasteiger charge is -2.26. The Bertz CT molecular complexity index is 2150. The van der Waals surface area contributed by atoms with Crippen LogP contribution in [0.5, 0.6) is 0 Å². The van der Waals surface area contributed by atoms with Crippen LogP contribution in [0, 0.1) is 0 Å². The number of hydrogen-bond donors (Lipinski definition) is 0. The van der Waals surface area contributed by atoms with Crippen LogP contribution < -0.4 is 9.80 Å². The molecule has 0 saturated carbocycles. The zero-order chi connectivity index (χ0) is 37.5. The van der Waals surface area contributed by atoms with E-state index < -0.39 is 92.5 Å². The maximum atomic E-state index is 15.1. The van der Waals surface area contributed by atoms with Gasteiger partial charge < -0.3 is 0 Å². The van der Waals surface area contributed by atoms with Gasteiger partial charge in [0.15, 0.2) is 0 Å². The van der Waals surface area contributed by atoms with E-state index >= 15 is 13.2 Å². The molecule has 0 atom stereocenters. The Kier molecular flexibility index (Phi) is 7.66. The monoisotopic (exact) mass is 724 g/mol. The first kappa shape index (κ1) is 34.2. The highest BCUT2D eigenvalue weighted by Gasteiger charge is 2.48. The van der Waals surface area contributed by atoms with Crippen LogP contribution in [0.3, 0.4) is 0 Å². The van der Waals surface area contributed by atoms with Crippen molar-refractivity contribution in [3.8, 4) is 22.3 Å². The normalized spacial score (nSPS) is 14.7. The molecular weight excluding hydrogens is 707 g/mol. The Hall–Kier alpha value is -6.25. The number of imide groups is 2. The van der Waals surface area contributed by atoms with Crippen LogP contribution in [-0.2, 0) is 18.5 Å². The van der Waals surface area contributed by atoms with Gasteiger partial charge in [0.2, 0.25) is 0 Å². The lowest BCUT2D eigenvalue weighted by Crippen LogP contribution is -2.32. The molecule has 2 aliphatic heterocycles. The zero-order valence-electron chi connectivity index (χ0n) is 25.7. The first-order valence-corrected chi connectivity index (χ1v) is 15.0.